The van der Waals surface area contributed by atoms with Gasteiger partial charge in [-0.15, -0.1) is 12.4 Å². The summed E-state index contributed by atoms with van der Waals surface area (Å²) in [6, 6.07) is 8.68. The summed E-state index contributed by atoms with van der Waals surface area (Å²) in [5.41, 5.74) is 0.623. The second-order valence-electron chi connectivity index (χ2n) is 4.69. The molecule has 20 heavy (non-hydrogen) atoms. The van der Waals surface area contributed by atoms with Gasteiger partial charge in [0.2, 0.25) is 5.91 Å². The van der Waals surface area contributed by atoms with Gasteiger partial charge in [0.1, 0.15) is 0 Å². The van der Waals surface area contributed by atoms with E-state index in [9.17, 15) is 14.7 Å². The standard InChI is InChI=1S/C14H18N2O3.ClH/c17-12(10-4-2-1-3-5-10)6-7-14(19)16-11-8-15-9-13(11)18;/h1-5,11,13,15,18H,6-9H2,(H,16,19);1H/t11-,13-;/m1./s1. The van der Waals surface area contributed by atoms with Crippen LogP contribution in [0.25, 0.3) is 0 Å². The van der Waals surface area contributed by atoms with Crippen molar-refractivity contribution in [2.75, 3.05) is 13.1 Å². The molecule has 6 heteroatoms. The van der Waals surface area contributed by atoms with Crippen molar-refractivity contribution in [3.63, 3.8) is 0 Å². The molecular formula is C14H19ClN2O3. The van der Waals surface area contributed by atoms with E-state index in [1.54, 1.807) is 24.3 Å². The molecule has 0 aromatic heterocycles. The van der Waals surface area contributed by atoms with Gasteiger partial charge in [0.15, 0.2) is 5.78 Å². The van der Waals surface area contributed by atoms with Crippen LogP contribution < -0.4 is 10.6 Å². The molecule has 0 unspecified atom stereocenters. The Hall–Kier alpha value is -1.43. The Labute approximate surface area is 124 Å². The number of carbonyl (C=O) groups is 2. The molecule has 110 valence electrons. The molecule has 5 nitrogen and oxygen atoms in total. The number of aliphatic hydroxyl groups is 1. The molecule has 1 amide bonds. The summed E-state index contributed by atoms with van der Waals surface area (Å²) in [7, 11) is 0. The fraction of sp³-hybridized carbons (Fsp3) is 0.429. The number of Topliss-reactive ketones (excluding diaryl/α,β-unsaturated/α-hetero) is 1. The normalized spacial score (nSPS) is 21.1. The van der Waals surface area contributed by atoms with Gasteiger partial charge in [-0.05, 0) is 0 Å². The second-order valence-corrected chi connectivity index (χ2v) is 4.69. The number of halogens is 1. The number of hydrogen-bond donors (Lipinski definition) is 3. The van der Waals surface area contributed by atoms with Gasteiger partial charge in [0.25, 0.3) is 0 Å². The predicted octanol–water partition coefficient (Wildman–Crippen LogP) is 0.520. The van der Waals surface area contributed by atoms with Gasteiger partial charge in [-0.2, -0.15) is 0 Å². The summed E-state index contributed by atoms with van der Waals surface area (Å²) in [6.07, 6.45) is -0.211. The predicted molar refractivity (Wildman–Crippen MR) is 78.1 cm³/mol. The lowest BCUT2D eigenvalue weighted by Gasteiger charge is -2.15. The van der Waals surface area contributed by atoms with Gasteiger partial charge < -0.3 is 15.7 Å². The summed E-state index contributed by atoms with van der Waals surface area (Å²) in [5.74, 6) is -0.238. The fourth-order valence-electron chi connectivity index (χ4n) is 2.09. The zero-order valence-corrected chi connectivity index (χ0v) is 11.9. The highest BCUT2D eigenvalue weighted by Crippen LogP contribution is 2.06. The summed E-state index contributed by atoms with van der Waals surface area (Å²) >= 11 is 0. The molecule has 1 saturated heterocycles. The first kappa shape index (κ1) is 16.6. The summed E-state index contributed by atoms with van der Waals surface area (Å²) in [4.78, 5) is 23.5. The largest absolute Gasteiger partial charge is 0.390 e. The maximum absolute atomic E-state index is 11.8. The number of benzene rings is 1. The molecule has 1 aromatic rings. The van der Waals surface area contributed by atoms with E-state index in [1.807, 2.05) is 6.07 Å². The average Bonchev–Trinajstić information content (AvgIpc) is 2.82. The van der Waals surface area contributed by atoms with Crippen molar-refractivity contribution >= 4 is 24.1 Å². The van der Waals surface area contributed by atoms with Crippen molar-refractivity contribution in [1.29, 1.82) is 0 Å². The minimum Gasteiger partial charge on any atom is -0.390 e. The highest BCUT2D eigenvalue weighted by atomic mass is 35.5. The minimum absolute atomic E-state index is 0. The zero-order valence-electron chi connectivity index (χ0n) is 11.0. The van der Waals surface area contributed by atoms with E-state index in [1.165, 1.54) is 0 Å². The fourth-order valence-corrected chi connectivity index (χ4v) is 2.09. The number of carbonyl (C=O) groups excluding carboxylic acids is 2. The quantitative estimate of drug-likeness (QED) is 0.693. The number of amides is 1. The maximum Gasteiger partial charge on any atom is 0.220 e. The number of ketones is 1. The molecule has 1 heterocycles. The Morgan fingerprint density at radius 1 is 1.20 bits per heavy atom. The molecule has 1 fully saturated rings. The molecular weight excluding hydrogens is 280 g/mol. The van der Waals surface area contributed by atoms with Gasteiger partial charge in [0.05, 0.1) is 12.1 Å². The topological polar surface area (TPSA) is 78.4 Å². The van der Waals surface area contributed by atoms with Crippen LogP contribution in [0.15, 0.2) is 30.3 Å². The molecule has 0 bridgehead atoms. The van der Waals surface area contributed by atoms with Gasteiger partial charge in [-0.1, -0.05) is 30.3 Å². The molecule has 0 aliphatic carbocycles. The van der Waals surface area contributed by atoms with E-state index in [-0.39, 0.29) is 43.0 Å². The zero-order chi connectivity index (χ0) is 13.7. The molecule has 2 atom stereocenters. The molecule has 1 aliphatic heterocycles. The van der Waals surface area contributed by atoms with Crippen LogP contribution in [-0.2, 0) is 4.79 Å². The van der Waals surface area contributed by atoms with Gasteiger partial charge >= 0.3 is 0 Å². The van der Waals surface area contributed by atoms with Crippen molar-refractivity contribution in [1.82, 2.24) is 10.6 Å². The van der Waals surface area contributed by atoms with E-state index >= 15 is 0 Å². The molecule has 1 aromatic carbocycles. The highest BCUT2D eigenvalue weighted by Gasteiger charge is 2.26. The van der Waals surface area contributed by atoms with Crippen molar-refractivity contribution in [3.8, 4) is 0 Å². The van der Waals surface area contributed by atoms with Gasteiger partial charge in [0, 0.05) is 31.5 Å². The van der Waals surface area contributed by atoms with Crippen molar-refractivity contribution in [2.45, 2.75) is 25.0 Å². The Morgan fingerprint density at radius 2 is 1.90 bits per heavy atom. The monoisotopic (exact) mass is 298 g/mol. The minimum atomic E-state index is -0.547. The van der Waals surface area contributed by atoms with Crippen LogP contribution in [0.1, 0.15) is 23.2 Å². The first-order chi connectivity index (χ1) is 9.16. The molecule has 0 radical (unpaired) electrons. The summed E-state index contributed by atoms with van der Waals surface area (Å²) < 4.78 is 0. The summed E-state index contributed by atoms with van der Waals surface area (Å²) in [5, 5.41) is 15.3. The van der Waals surface area contributed by atoms with Crippen molar-refractivity contribution in [2.24, 2.45) is 0 Å². The third-order valence-electron chi connectivity index (χ3n) is 3.20. The lowest BCUT2D eigenvalue weighted by molar-refractivity contribution is -0.122. The lowest BCUT2D eigenvalue weighted by atomic mass is 10.1. The lowest BCUT2D eigenvalue weighted by Crippen LogP contribution is -2.42. The van der Waals surface area contributed by atoms with Gasteiger partial charge in [-0.25, -0.2) is 0 Å². The molecule has 1 aliphatic rings. The first-order valence-corrected chi connectivity index (χ1v) is 6.43. The number of hydrogen-bond acceptors (Lipinski definition) is 4. The molecule has 3 N–H and O–H groups in total. The van der Waals surface area contributed by atoms with E-state index in [4.69, 9.17) is 0 Å². The number of aliphatic hydroxyl groups excluding tert-OH is 1. The van der Waals surface area contributed by atoms with Crippen LogP contribution in [-0.4, -0.2) is 42.0 Å². The molecule has 0 spiro atoms. The van der Waals surface area contributed by atoms with Crippen molar-refractivity contribution in [3.05, 3.63) is 35.9 Å². The number of rotatable bonds is 5. The van der Waals surface area contributed by atoms with Gasteiger partial charge in [-0.3, -0.25) is 9.59 Å². The Bertz CT molecular complexity index is 453. The van der Waals surface area contributed by atoms with E-state index in [2.05, 4.69) is 10.6 Å². The first-order valence-electron chi connectivity index (χ1n) is 6.43. The smallest absolute Gasteiger partial charge is 0.220 e. The van der Waals surface area contributed by atoms with Crippen LogP contribution in [0.2, 0.25) is 0 Å². The Balaban J connectivity index is 0.00000200. The third kappa shape index (κ3) is 4.59. The van der Waals surface area contributed by atoms with E-state index in [0.29, 0.717) is 18.7 Å². The van der Waals surface area contributed by atoms with Crippen molar-refractivity contribution < 1.29 is 14.7 Å². The number of nitrogens with one attached hydrogen (secondary N) is 2. The number of β-amino-alcohol motifs (C(OH)–C–C–N with tert-alkyl or cyclic N) is 1. The molecule has 0 saturated carbocycles. The van der Waals surface area contributed by atoms with E-state index in [0.717, 1.165) is 0 Å². The second kappa shape index (κ2) is 7.99. The maximum atomic E-state index is 11.8. The van der Waals surface area contributed by atoms with Crippen LogP contribution in [0.5, 0.6) is 0 Å². The SMILES string of the molecule is Cl.O=C(CCC(=O)c1ccccc1)N[C@@H]1CNC[C@H]1O. The molecule has 2 rings (SSSR count). The Morgan fingerprint density at radius 3 is 2.50 bits per heavy atom. The van der Waals surface area contributed by atoms with Crippen LogP contribution in [0.3, 0.4) is 0 Å². The third-order valence-corrected chi connectivity index (χ3v) is 3.20. The van der Waals surface area contributed by atoms with Crippen LogP contribution >= 0.6 is 12.4 Å². The average molecular weight is 299 g/mol. The van der Waals surface area contributed by atoms with Crippen LogP contribution in [0.4, 0.5) is 0 Å². The van der Waals surface area contributed by atoms with E-state index < -0.39 is 6.10 Å². The summed E-state index contributed by atoms with van der Waals surface area (Å²) in [6.45, 7) is 1.06. The Kier molecular flexibility index (Phi) is 6.64. The highest BCUT2D eigenvalue weighted by molar-refractivity contribution is 5.97. The van der Waals surface area contributed by atoms with Crippen LogP contribution in [0, 0.1) is 0 Å².